The number of aromatic nitrogens is 2. The van der Waals surface area contributed by atoms with Gasteiger partial charge in [-0.05, 0) is 40.2 Å². The van der Waals surface area contributed by atoms with Crippen LogP contribution in [0.5, 0.6) is 0 Å². The van der Waals surface area contributed by atoms with Gasteiger partial charge < -0.3 is 5.11 Å². The number of aromatic carboxylic acids is 1. The van der Waals surface area contributed by atoms with Crippen LogP contribution in [0.2, 0.25) is 0 Å². The molecule has 0 atom stereocenters. The molecule has 0 amide bonds. The Labute approximate surface area is 123 Å². The highest BCUT2D eigenvalue weighted by Crippen LogP contribution is 2.28. The molecule has 3 aromatic rings. The molecule has 1 N–H and O–H groups in total. The molecule has 5 heteroatoms. The van der Waals surface area contributed by atoms with Crippen molar-refractivity contribution in [2.45, 2.75) is 0 Å². The third-order valence-electron chi connectivity index (χ3n) is 2.98. The number of rotatable bonds is 2. The lowest BCUT2D eigenvalue weighted by Gasteiger charge is -2.08. The lowest BCUT2D eigenvalue weighted by atomic mass is 10.1. The second kappa shape index (κ2) is 5.02. The maximum Gasteiger partial charge on any atom is 0.336 e. The molecule has 0 bridgehead atoms. The molecular formula is C15H9BrN2O2. The lowest BCUT2D eigenvalue weighted by molar-refractivity contribution is 0.0699. The van der Waals surface area contributed by atoms with E-state index in [0.717, 1.165) is 10.0 Å². The van der Waals surface area contributed by atoms with Crippen molar-refractivity contribution >= 4 is 32.8 Å². The van der Waals surface area contributed by atoms with Crippen molar-refractivity contribution in [1.29, 1.82) is 0 Å². The number of benzene rings is 1. The molecule has 2 heterocycles. The Balaban J connectivity index is 2.36. The summed E-state index contributed by atoms with van der Waals surface area (Å²) in [5.74, 6) is -0.972. The number of hydrogen-bond donors (Lipinski definition) is 1. The number of carbonyl (C=O) groups is 1. The van der Waals surface area contributed by atoms with Crippen molar-refractivity contribution in [3.63, 3.8) is 0 Å². The Morgan fingerprint density at radius 1 is 1.20 bits per heavy atom. The van der Waals surface area contributed by atoms with Gasteiger partial charge in [0.2, 0.25) is 0 Å². The molecule has 0 spiro atoms. The fourth-order valence-corrected chi connectivity index (χ4v) is 2.51. The van der Waals surface area contributed by atoms with E-state index < -0.39 is 5.97 Å². The van der Waals surface area contributed by atoms with Gasteiger partial charge in [-0.1, -0.05) is 12.1 Å². The first-order valence-electron chi connectivity index (χ1n) is 5.90. The largest absolute Gasteiger partial charge is 0.478 e. The van der Waals surface area contributed by atoms with E-state index in [2.05, 4.69) is 25.9 Å². The van der Waals surface area contributed by atoms with Gasteiger partial charge in [0.05, 0.1) is 16.8 Å². The van der Waals surface area contributed by atoms with Gasteiger partial charge in [-0.25, -0.2) is 9.78 Å². The van der Waals surface area contributed by atoms with E-state index >= 15 is 0 Å². The zero-order valence-corrected chi connectivity index (χ0v) is 11.8. The Hall–Kier alpha value is -2.27. The van der Waals surface area contributed by atoms with Crippen LogP contribution in [0.25, 0.3) is 22.2 Å². The van der Waals surface area contributed by atoms with Gasteiger partial charge in [0.1, 0.15) is 0 Å². The number of fused-ring (bicyclic) bond motifs is 1. The van der Waals surface area contributed by atoms with Gasteiger partial charge in [0.25, 0.3) is 0 Å². The average molecular weight is 329 g/mol. The van der Waals surface area contributed by atoms with E-state index in [9.17, 15) is 9.90 Å². The smallest absolute Gasteiger partial charge is 0.336 e. The summed E-state index contributed by atoms with van der Waals surface area (Å²) in [5.41, 5.74) is 2.24. The molecule has 0 radical (unpaired) electrons. The average Bonchev–Trinajstić information content (AvgIpc) is 2.47. The van der Waals surface area contributed by atoms with Crippen LogP contribution in [-0.2, 0) is 0 Å². The summed E-state index contributed by atoms with van der Waals surface area (Å²) in [6, 6.07) is 10.6. The molecule has 98 valence electrons. The minimum Gasteiger partial charge on any atom is -0.478 e. The standard InChI is InChI=1S/C15H9BrN2O2/c16-12-5-1-4-10-11(15(19)20)7-13(18-14(10)12)9-3-2-6-17-8-9/h1-8H,(H,19,20). The molecule has 0 fully saturated rings. The zero-order chi connectivity index (χ0) is 14.1. The second-order valence-corrected chi connectivity index (χ2v) is 5.09. The fourth-order valence-electron chi connectivity index (χ4n) is 2.05. The van der Waals surface area contributed by atoms with Crippen LogP contribution in [0.15, 0.2) is 53.3 Å². The van der Waals surface area contributed by atoms with E-state index in [1.54, 1.807) is 36.7 Å². The molecule has 0 saturated heterocycles. The summed E-state index contributed by atoms with van der Waals surface area (Å²) in [4.78, 5) is 20.0. The van der Waals surface area contributed by atoms with E-state index in [1.165, 1.54) is 0 Å². The summed E-state index contributed by atoms with van der Waals surface area (Å²) in [6.45, 7) is 0. The maximum absolute atomic E-state index is 11.5. The van der Waals surface area contributed by atoms with Gasteiger partial charge in [0, 0.05) is 27.8 Å². The molecule has 0 saturated carbocycles. The van der Waals surface area contributed by atoms with Gasteiger partial charge in [-0.2, -0.15) is 0 Å². The van der Waals surface area contributed by atoms with Crippen LogP contribution in [0, 0.1) is 0 Å². The molecule has 2 aromatic heterocycles. The molecule has 1 aromatic carbocycles. The molecule has 20 heavy (non-hydrogen) atoms. The van der Waals surface area contributed by atoms with Crippen LogP contribution in [0.3, 0.4) is 0 Å². The minimum absolute atomic E-state index is 0.232. The molecule has 4 nitrogen and oxygen atoms in total. The molecule has 0 aliphatic rings. The number of pyridine rings is 2. The van der Waals surface area contributed by atoms with Crippen LogP contribution in [0.1, 0.15) is 10.4 Å². The predicted octanol–water partition coefficient (Wildman–Crippen LogP) is 3.76. The molecule has 3 rings (SSSR count). The minimum atomic E-state index is -0.972. The van der Waals surface area contributed by atoms with Crippen molar-refractivity contribution in [3.05, 3.63) is 58.8 Å². The third-order valence-corrected chi connectivity index (χ3v) is 3.62. The van der Waals surface area contributed by atoms with Gasteiger partial charge in [-0.3, -0.25) is 4.98 Å². The van der Waals surface area contributed by atoms with E-state index in [4.69, 9.17) is 0 Å². The third kappa shape index (κ3) is 2.16. The van der Waals surface area contributed by atoms with E-state index in [-0.39, 0.29) is 5.56 Å². The first-order valence-corrected chi connectivity index (χ1v) is 6.69. The van der Waals surface area contributed by atoms with Crippen molar-refractivity contribution < 1.29 is 9.90 Å². The van der Waals surface area contributed by atoms with Crippen molar-refractivity contribution in [1.82, 2.24) is 9.97 Å². The van der Waals surface area contributed by atoms with Crippen LogP contribution < -0.4 is 0 Å². The Morgan fingerprint density at radius 3 is 2.75 bits per heavy atom. The lowest BCUT2D eigenvalue weighted by Crippen LogP contribution is -2.00. The Morgan fingerprint density at radius 2 is 2.05 bits per heavy atom. The quantitative estimate of drug-likeness (QED) is 0.778. The molecule has 0 aliphatic heterocycles. The van der Waals surface area contributed by atoms with Crippen molar-refractivity contribution in [2.24, 2.45) is 0 Å². The number of halogens is 1. The maximum atomic E-state index is 11.5. The first-order chi connectivity index (χ1) is 9.66. The van der Waals surface area contributed by atoms with Crippen LogP contribution >= 0.6 is 15.9 Å². The van der Waals surface area contributed by atoms with Gasteiger partial charge in [0.15, 0.2) is 0 Å². The highest BCUT2D eigenvalue weighted by Gasteiger charge is 2.14. The number of hydrogen-bond acceptors (Lipinski definition) is 3. The monoisotopic (exact) mass is 328 g/mol. The van der Waals surface area contributed by atoms with E-state index in [1.807, 2.05) is 12.1 Å². The summed E-state index contributed by atoms with van der Waals surface area (Å²) in [7, 11) is 0. The number of para-hydroxylation sites is 1. The van der Waals surface area contributed by atoms with Gasteiger partial charge in [-0.15, -0.1) is 0 Å². The topological polar surface area (TPSA) is 63.1 Å². The SMILES string of the molecule is O=C(O)c1cc(-c2cccnc2)nc2c(Br)cccc12. The first kappa shape index (κ1) is 12.7. The van der Waals surface area contributed by atoms with Crippen molar-refractivity contribution in [2.75, 3.05) is 0 Å². The highest BCUT2D eigenvalue weighted by molar-refractivity contribution is 9.10. The fraction of sp³-hybridized carbons (Fsp3) is 0. The summed E-state index contributed by atoms with van der Waals surface area (Å²) >= 11 is 3.42. The summed E-state index contributed by atoms with van der Waals surface area (Å²) < 4.78 is 0.767. The Kier molecular flexibility index (Phi) is 3.20. The van der Waals surface area contributed by atoms with Crippen molar-refractivity contribution in [3.8, 4) is 11.3 Å². The molecule has 0 unspecified atom stereocenters. The van der Waals surface area contributed by atoms with Crippen LogP contribution in [-0.4, -0.2) is 21.0 Å². The molecule has 0 aliphatic carbocycles. The summed E-state index contributed by atoms with van der Waals surface area (Å²) in [6.07, 6.45) is 3.33. The second-order valence-electron chi connectivity index (χ2n) is 4.24. The zero-order valence-electron chi connectivity index (χ0n) is 10.2. The number of carboxylic acid groups (broad SMARTS) is 1. The highest BCUT2D eigenvalue weighted by atomic mass is 79.9. The Bertz CT molecular complexity index is 804. The predicted molar refractivity (Wildman–Crippen MR) is 79.6 cm³/mol. The normalized spacial score (nSPS) is 10.7. The number of nitrogens with zero attached hydrogens (tertiary/aromatic N) is 2. The van der Waals surface area contributed by atoms with Crippen LogP contribution in [0.4, 0.5) is 0 Å². The summed E-state index contributed by atoms with van der Waals surface area (Å²) in [5, 5.41) is 10.00. The van der Waals surface area contributed by atoms with E-state index in [0.29, 0.717) is 16.6 Å². The number of carboxylic acids is 1. The van der Waals surface area contributed by atoms with Gasteiger partial charge >= 0.3 is 5.97 Å². The molecular weight excluding hydrogens is 320 g/mol.